The molecule has 1 heterocycles. The standard InChI is InChI=1S/C19H17BrN4O3/c1-11(25)12-3-5-13(6-4-12)22-18-15(20)10-21-19(24-18)23-14-7-8-17(27-2)16(26)9-14/h3-10,26H,1-2H3,(H2,21,22,23,24). The van der Waals surface area contributed by atoms with Gasteiger partial charge in [-0.15, -0.1) is 0 Å². The van der Waals surface area contributed by atoms with Crippen LogP contribution < -0.4 is 15.4 Å². The second-order valence-electron chi connectivity index (χ2n) is 5.66. The van der Waals surface area contributed by atoms with Gasteiger partial charge < -0.3 is 20.5 Å². The normalized spacial score (nSPS) is 10.3. The molecule has 0 aliphatic rings. The Hall–Kier alpha value is -3.13. The summed E-state index contributed by atoms with van der Waals surface area (Å²) in [6.07, 6.45) is 1.62. The maximum Gasteiger partial charge on any atom is 0.229 e. The molecule has 0 radical (unpaired) electrons. The summed E-state index contributed by atoms with van der Waals surface area (Å²) in [5, 5.41) is 16.1. The van der Waals surface area contributed by atoms with Crippen LogP contribution in [0.2, 0.25) is 0 Å². The molecule has 8 heteroatoms. The van der Waals surface area contributed by atoms with Gasteiger partial charge >= 0.3 is 0 Å². The number of Topliss-reactive ketones (excluding diaryl/α,β-unsaturated/α-hetero) is 1. The van der Waals surface area contributed by atoms with Crippen LogP contribution in [0.1, 0.15) is 17.3 Å². The molecule has 7 nitrogen and oxygen atoms in total. The molecule has 3 aromatic rings. The Morgan fingerprint density at radius 2 is 1.81 bits per heavy atom. The fourth-order valence-electron chi connectivity index (χ4n) is 2.34. The van der Waals surface area contributed by atoms with Crippen molar-refractivity contribution >= 4 is 44.9 Å². The summed E-state index contributed by atoms with van der Waals surface area (Å²) < 4.78 is 5.71. The lowest BCUT2D eigenvalue weighted by Crippen LogP contribution is -2.02. The Balaban J connectivity index is 1.79. The highest BCUT2D eigenvalue weighted by molar-refractivity contribution is 9.10. The molecule has 0 aliphatic heterocycles. The largest absolute Gasteiger partial charge is 0.504 e. The number of aromatic hydroxyl groups is 1. The minimum Gasteiger partial charge on any atom is -0.504 e. The maximum absolute atomic E-state index is 11.4. The molecule has 0 bridgehead atoms. The van der Waals surface area contributed by atoms with Crippen LogP contribution in [0.25, 0.3) is 0 Å². The monoisotopic (exact) mass is 428 g/mol. The van der Waals surface area contributed by atoms with E-state index < -0.39 is 0 Å². The number of ketones is 1. The van der Waals surface area contributed by atoms with Gasteiger partial charge in [-0.05, 0) is 59.3 Å². The van der Waals surface area contributed by atoms with Crippen LogP contribution >= 0.6 is 15.9 Å². The van der Waals surface area contributed by atoms with E-state index >= 15 is 0 Å². The number of methoxy groups -OCH3 is 1. The van der Waals surface area contributed by atoms with E-state index in [0.717, 1.165) is 5.69 Å². The van der Waals surface area contributed by atoms with E-state index in [2.05, 4.69) is 36.5 Å². The number of carbonyl (C=O) groups is 1. The predicted molar refractivity (Wildman–Crippen MR) is 107 cm³/mol. The number of aromatic nitrogens is 2. The molecule has 2 aromatic carbocycles. The highest BCUT2D eigenvalue weighted by Crippen LogP contribution is 2.30. The fourth-order valence-corrected chi connectivity index (χ4v) is 2.63. The maximum atomic E-state index is 11.4. The van der Waals surface area contributed by atoms with Crippen LogP contribution in [0.5, 0.6) is 11.5 Å². The van der Waals surface area contributed by atoms with Gasteiger partial charge in [0.25, 0.3) is 0 Å². The molecule has 0 spiro atoms. The number of phenolic OH excluding ortho intramolecular Hbond substituents is 1. The van der Waals surface area contributed by atoms with Gasteiger partial charge in [0.05, 0.1) is 11.6 Å². The Bertz CT molecular complexity index is 977. The van der Waals surface area contributed by atoms with E-state index in [1.165, 1.54) is 20.1 Å². The average molecular weight is 429 g/mol. The van der Waals surface area contributed by atoms with E-state index in [0.29, 0.717) is 33.2 Å². The Morgan fingerprint density at radius 3 is 2.44 bits per heavy atom. The number of phenols is 1. The Kier molecular flexibility index (Phi) is 5.56. The molecule has 0 unspecified atom stereocenters. The van der Waals surface area contributed by atoms with Crippen molar-refractivity contribution in [3.8, 4) is 11.5 Å². The highest BCUT2D eigenvalue weighted by Gasteiger charge is 2.08. The Labute approximate surface area is 164 Å². The van der Waals surface area contributed by atoms with Crippen molar-refractivity contribution in [2.45, 2.75) is 6.92 Å². The van der Waals surface area contributed by atoms with Crippen LogP contribution in [0.3, 0.4) is 0 Å². The number of benzene rings is 2. The molecule has 0 aliphatic carbocycles. The zero-order chi connectivity index (χ0) is 19.4. The zero-order valence-electron chi connectivity index (χ0n) is 14.7. The molecule has 138 valence electrons. The molecular formula is C19H17BrN4O3. The van der Waals surface area contributed by atoms with Crippen molar-refractivity contribution in [3.05, 3.63) is 58.7 Å². The molecule has 0 saturated heterocycles. The van der Waals surface area contributed by atoms with Gasteiger partial charge in [-0.25, -0.2) is 4.98 Å². The van der Waals surface area contributed by atoms with E-state index in [4.69, 9.17) is 4.74 Å². The number of ether oxygens (including phenoxy) is 1. The van der Waals surface area contributed by atoms with Crippen LogP contribution in [0.4, 0.5) is 23.1 Å². The molecule has 0 saturated carbocycles. The average Bonchev–Trinajstić information content (AvgIpc) is 2.65. The second-order valence-corrected chi connectivity index (χ2v) is 6.51. The molecular weight excluding hydrogens is 412 g/mol. The summed E-state index contributed by atoms with van der Waals surface area (Å²) in [5.74, 6) is 1.32. The number of carbonyl (C=O) groups excluding carboxylic acids is 1. The predicted octanol–water partition coefficient (Wildman–Crippen LogP) is 4.64. The van der Waals surface area contributed by atoms with Gasteiger partial charge in [0, 0.05) is 29.2 Å². The minimum absolute atomic E-state index is 0.0130. The van der Waals surface area contributed by atoms with Gasteiger partial charge in [0.1, 0.15) is 5.82 Å². The van der Waals surface area contributed by atoms with E-state index in [-0.39, 0.29) is 11.5 Å². The van der Waals surface area contributed by atoms with E-state index in [1.54, 1.807) is 42.6 Å². The highest BCUT2D eigenvalue weighted by atomic mass is 79.9. The van der Waals surface area contributed by atoms with Crippen LogP contribution in [0.15, 0.2) is 53.1 Å². The fraction of sp³-hybridized carbons (Fsp3) is 0.105. The van der Waals surface area contributed by atoms with Crippen molar-refractivity contribution in [1.29, 1.82) is 0 Å². The van der Waals surface area contributed by atoms with Gasteiger partial charge in [-0.1, -0.05) is 0 Å². The third-order valence-electron chi connectivity index (χ3n) is 3.73. The molecule has 27 heavy (non-hydrogen) atoms. The number of nitrogens with zero attached hydrogens (tertiary/aromatic N) is 2. The number of rotatable bonds is 6. The second kappa shape index (κ2) is 8.05. The summed E-state index contributed by atoms with van der Waals surface area (Å²) in [4.78, 5) is 20.0. The summed E-state index contributed by atoms with van der Waals surface area (Å²) in [6.45, 7) is 1.53. The third kappa shape index (κ3) is 4.53. The molecule has 0 amide bonds. The summed E-state index contributed by atoms with van der Waals surface area (Å²) >= 11 is 3.42. The molecule has 0 atom stereocenters. The number of hydrogen-bond donors (Lipinski definition) is 3. The molecule has 3 rings (SSSR count). The van der Waals surface area contributed by atoms with Crippen molar-refractivity contribution in [2.24, 2.45) is 0 Å². The first-order valence-corrected chi connectivity index (χ1v) is 8.80. The SMILES string of the molecule is COc1ccc(Nc2ncc(Br)c(Nc3ccc(C(C)=O)cc3)n2)cc1O. The Morgan fingerprint density at radius 1 is 1.11 bits per heavy atom. The van der Waals surface area contributed by atoms with Gasteiger partial charge in [-0.3, -0.25) is 4.79 Å². The van der Waals surface area contributed by atoms with Crippen molar-refractivity contribution < 1.29 is 14.6 Å². The topological polar surface area (TPSA) is 96.4 Å². The van der Waals surface area contributed by atoms with Crippen molar-refractivity contribution in [3.63, 3.8) is 0 Å². The first-order chi connectivity index (χ1) is 13.0. The lowest BCUT2D eigenvalue weighted by molar-refractivity contribution is 0.101. The van der Waals surface area contributed by atoms with Crippen LogP contribution in [-0.2, 0) is 0 Å². The van der Waals surface area contributed by atoms with E-state index in [1.807, 2.05) is 0 Å². The lowest BCUT2D eigenvalue weighted by Gasteiger charge is -2.11. The number of nitrogens with one attached hydrogen (secondary N) is 2. The number of halogens is 1. The number of hydrogen-bond acceptors (Lipinski definition) is 7. The van der Waals surface area contributed by atoms with Crippen LogP contribution in [-0.4, -0.2) is 28.0 Å². The third-order valence-corrected chi connectivity index (χ3v) is 4.31. The smallest absolute Gasteiger partial charge is 0.229 e. The molecule has 1 aromatic heterocycles. The lowest BCUT2D eigenvalue weighted by atomic mass is 10.1. The first-order valence-electron chi connectivity index (χ1n) is 8.01. The zero-order valence-corrected chi connectivity index (χ0v) is 16.2. The van der Waals surface area contributed by atoms with Gasteiger partial charge in [0.15, 0.2) is 17.3 Å². The molecule has 3 N–H and O–H groups in total. The summed E-state index contributed by atoms with van der Waals surface area (Å²) in [6, 6.07) is 12.0. The summed E-state index contributed by atoms with van der Waals surface area (Å²) in [7, 11) is 1.49. The van der Waals surface area contributed by atoms with Gasteiger partial charge in [0.2, 0.25) is 5.95 Å². The quantitative estimate of drug-likeness (QED) is 0.491. The van der Waals surface area contributed by atoms with E-state index in [9.17, 15) is 9.90 Å². The minimum atomic E-state index is 0.0130. The molecule has 0 fully saturated rings. The van der Waals surface area contributed by atoms with Crippen LogP contribution in [0, 0.1) is 0 Å². The number of anilines is 4. The first kappa shape index (κ1) is 18.7. The van der Waals surface area contributed by atoms with Gasteiger partial charge in [-0.2, -0.15) is 4.98 Å². The summed E-state index contributed by atoms with van der Waals surface area (Å²) in [5.41, 5.74) is 2.05. The van der Waals surface area contributed by atoms with Crippen molar-refractivity contribution in [1.82, 2.24) is 9.97 Å². The van der Waals surface area contributed by atoms with Crippen molar-refractivity contribution in [2.75, 3.05) is 17.7 Å².